The third kappa shape index (κ3) is 4.91. The Morgan fingerprint density at radius 2 is 2.04 bits per heavy atom. The van der Waals surface area contributed by atoms with Crippen LogP contribution >= 0.6 is 0 Å². The van der Waals surface area contributed by atoms with Crippen LogP contribution in [0, 0.1) is 5.21 Å². The monoisotopic (exact) mass is 370 g/mol. The van der Waals surface area contributed by atoms with E-state index in [0.717, 1.165) is 12.4 Å². The van der Waals surface area contributed by atoms with Crippen molar-refractivity contribution in [3.05, 3.63) is 35.3 Å². The molecule has 1 aromatic heterocycles. The maximum Gasteiger partial charge on any atom is 0.339 e. The average Bonchev–Trinajstić information content (AvgIpc) is 2.92. The minimum Gasteiger partial charge on any atom is -0.619 e. The fraction of sp³-hybridized carbons (Fsp3) is 0.562. The van der Waals surface area contributed by atoms with Crippen LogP contribution in [0.1, 0.15) is 37.0 Å². The number of hydrogen-bond donors (Lipinski definition) is 0. The fourth-order valence-electron chi connectivity index (χ4n) is 2.83. The molecule has 1 aliphatic rings. The molecule has 1 amide bonds. The van der Waals surface area contributed by atoms with E-state index >= 15 is 0 Å². The van der Waals surface area contributed by atoms with Crippen molar-refractivity contribution in [1.82, 2.24) is 4.90 Å². The number of esters is 1. The van der Waals surface area contributed by atoms with Gasteiger partial charge in [-0.25, -0.2) is 13.2 Å². The summed E-state index contributed by atoms with van der Waals surface area (Å²) in [5.41, 5.74) is 0.165. The van der Waals surface area contributed by atoms with Gasteiger partial charge < -0.3 is 14.8 Å². The number of amides is 1. The molecule has 138 valence electrons. The minimum absolute atomic E-state index is 0.0563. The number of rotatable bonds is 6. The van der Waals surface area contributed by atoms with Crippen molar-refractivity contribution < 1.29 is 27.5 Å². The summed E-state index contributed by atoms with van der Waals surface area (Å²) >= 11 is 0. The number of aromatic nitrogens is 1. The lowest BCUT2D eigenvalue weighted by Gasteiger charge is -2.33. The van der Waals surface area contributed by atoms with Crippen LogP contribution in [-0.4, -0.2) is 55.4 Å². The smallest absolute Gasteiger partial charge is 0.339 e. The van der Waals surface area contributed by atoms with Gasteiger partial charge in [-0.15, -0.1) is 0 Å². The first-order valence-corrected chi connectivity index (χ1v) is 9.93. The fourth-order valence-corrected chi connectivity index (χ4v) is 4.55. The topological polar surface area (TPSA) is 108 Å². The summed E-state index contributed by atoms with van der Waals surface area (Å²) in [5, 5.41) is 11.0. The molecule has 0 spiro atoms. The predicted molar refractivity (Wildman–Crippen MR) is 89.3 cm³/mol. The number of pyridine rings is 1. The van der Waals surface area contributed by atoms with Crippen molar-refractivity contribution in [2.75, 3.05) is 18.1 Å². The van der Waals surface area contributed by atoms with Crippen LogP contribution in [0.2, 0.25) is 0 Å². The highest BCUT2D eigenvalue weighted by molar-refractivity contribution is 7.91. The molecule has 0 radical (unpaired) electrons. The highest BCUT2D eigenvalue weighted by Crippen LogP contribution is 2.21. The van der Waals surface area contributed by atoms with Gasteiger partial charge in [0, 0.05) is 24.2 Å². The van der Waals surface area contributed by atoms with Gasteiger partial charge in [0.05, 0.1) is 17.1 Å². The number of sulfone groups is 1. The van der Waals surface area contributed by atoms with Gasteiger partial charge in [0.25, 0.3) is 5.91 Å². The van der Waals surface area contributed by atoms with Crippen LogP contribution < -0.4 is 4.73 Å². The minimum atomic E-state index is -3.13. The second-order valence-electron chi connectivity index (χ2n) is 6.14. The van der Waals surface area contributed by atoms with E-state index in [1.54, 1.807) is 0 Å². The molecule has 0 unspecified atom stereocenters. The number of hydrogen-bond acceptors (Lipinski definition) is 6. The molecule has 0 aromatic carbocycles. The summed E-state index contributed by atoms with van der Waals surface area (Å²) in [5.74, 6) is -1.12. The highest BCUT2D eigenvalue weighted by atomic mass is 32.2. The van der Waals surface area contributed by atoms with Crippen molar-refractivity contribution in [3.63, 3.8) is 0 Å². The van der Waals surface area contributed by atoms with Gasteiger partial charge >= 0.3 is 5.97 Å². The molecule has 1 aliphatic heterocycles. The lowest BCUT2D eigenvalue weighted by Crippen LogP contribution is -2.48. The molecule has 9 heteroatoms. The molecule has 2 heterocycles. The first-order valence-electron chi connectivity index (χ1n) is 8.11. The van der Waals surface area contributed by atoms with E-state index in [1.165, 1.54) is 17.0 Å². The molecule has 8 nitrogen and oxygen atoms in total. The van der Waals surface area contributed by atoms with E-state index in [-0.39, 0.29) is 29.2 Å². The zero-order chi connectivity index (χ0) is 18.6. The highest BCUT2D eigenvalue weighted by Gasteiger charge is 2.36. The lowest BCUT2D eigenvalue weighted by molar-refractivity contribution is -0.605. The Balaban J connectivity index is 2.02. The third-order valence-electron chi connectivity index (χ3n) is 4.32. The van der Waals surface area contributed by atoms with E-state index in [2.05, 4.69) is 0 Å². The zero-order valence-electron chi connectivity index (χ0n) is 14.3. The second-order valence-corrected chi connectivity index (χ2v) is 8.37. The van der Waals surface area contributed by atoms with Gasteiger partial charge in [-0.3, -0.25) is 4.79 Å². The van der Waals surface area contributed by atoms with Gasteiger partial charge in [0.1, 0.15) is 0 Å². The van der Waals surface area contributed by atoms with Crippen LogP contribution in [0.25, 0.3) is 0 Å². The van der Waals surface area contributed by atoms with E-state index in [0.29, 0.717) is 17.6 Å². The Bertz CT molecular complexity index is 731. The molecular formula is C16H22N2O6S. The van der Waals surface area contributed by atoms with Crippen molar-refractivity contribution in [3.8, 4) is 0 Å². The Hall–Kier alpha value is -2.16. The first kappa shape index (κ1) is 19.2. The molecule has 2 rings (SSSR count). The first-order chi connectivity index (χ1) is 11.7. The van der Waals surface area contributed by atoms with Gasteiger partial charge in [-0.05, 0) is 19.8 Å². The molecule has 25 heavy (non-hydrogen) atoms. The Kier molecular flexibility index (Phi) is 5.99. The van der Waals surface area contributed by atoms with Crippen molar-refractivity contribution in [2.45, 2.75) is 38.8 Å². The van der Waals surface area contributed by atoms with E-state index in [9.17, 15) is 23.2 Å². The quantitative estimate of drug-likeness (QED) is 0.405. The van der Waals surface area contributed by atoms with E-state index < -0.39 is 28.3 Å². The summed E-state index contributed by atoms with van der Waals surface area (Å²) in [6.07, 6.45) is 3.38. The Morgan fingerprint density at radius 1 is 1.40 bits per heavy atom. The Morgan fingerprint density at radius 3 is 2.56 bits per heavy atom. The molecule has 1 aromatic rings. The number of ether oxygens (including phenoxy) is 1. The summed E-state index contributed by atoms with van der Waals surface area (Å²) in [7, 11) is -3.13. The largest absolute Gasteiger partial charge is 0.619 e. The van der Waals surface area contributed by atoms with Crippen molar-refractivity contribution >= 4 is 21.7 Å². The van der Waals surface area contributed by atoms with Gasteiger partial charge in [0.15, 0.2) is 28.8 Å². The van der Waals surface area contributed by atoms with Crippen molar-refractivity contribution in [2.24, 2.45) is 0 Å². The maximum absolute atomic E-state index is 12.5. The normalized spacial score (nSPS) is 20.0. The van der Waals surface area contributed by atoms with Crippen LogP contribution in [-0.2, 0) is 19.4 Å². The molecule has 2 atom stereocenters. The van der Waals surface area contributed by atoms with E-state index in [1.807, 2.05) is 13.8 Å². The predicted octanol–water partition coefficient (Wildman–Crippen LogP) is 0.291. The molecular weight excluding hydrogens is 348 g/mol. The number of carbonyl (C=O) groups is 2. The molecule has 0 aliphatic carbocycles. The molecule has 0 N–H and O–H groups in total. The number of carbonyl (C=O) groups excluding carboxylic acids is 2. The van der Waals surface area contributed by atoms with Crippen LogP contribution in [0.4, 0.5) is 0 Å². The summed E-state index contributed by atoms with van der Waals surface area (Å²) < 4.78 is 29.0. The zero-order valence-corrected chi connectivity index (χ0v) is 15.1. The van der Waals surface area contributed by atoms with Gasteiger partial charge in [-0.2, -0.15) is 4.73 Å². The SMILES string of the molecule is CC[C@H](C)N(C(=O)COC(=O)c1cc[n+]([O-])cc1)[C@H]1CCS(=O)(=O)C1. The third-order valence-corrected chi connectivity index (χ3v) is 6.07. The second kappa shape index (κ2) is 7.81. The van der Waals surface area contributed by atoms with Gasteiger partial charge in [0.2, 0.25) is 0 Å². The molecule has 0 saturated carbocycles. The van der Waals surface area contributed by atoms with Crippen molar-refractivity contribution in [1.29, 1.82) is 0 Å². The lowest BCUT2D eigenvalue weighted by atomic mass is 10.1. The van der Waals surface area contributed by atoms with Crippen LogP contribution in [0.15, 0.2) is 24.5 Å². The standard InChI is InChI=1S/C16H22N2O6S/c1-3-12(2)18(14-6-9-25(22,23)11-14)15(19)10-24-16(20)13-4-7-17(21)8-5-13/h4-5,7-8,12,14H,3,6,9-11H2,1-2H3/t12-,14-/m0/s1. The maximum atomic E-state index is 12.5. The Labute approximate surface area is 146 Å². The van der Waals surface area contributed by atoms with Crippen LogP contribution in [0.5, 0.6) is 0 Å². The average molecular weight is 370 g/mol. The van der Waals surface area contributed by atoms with E-state index in [4.69, 9.17) is 4.74 Å². The molecule has 1 fully saturated rings. The van der Waals surface area contributed by atoms with Crippen LogP contribution in [0.3, 0.4) is 0 Å². The number of nitrogens with zero attached hydrogens (tertiary/aromatic N) is 2. The molecule has 1 saturated heterocycles. The molecule has 0 bridgehead atoms. The summed E-state index contributed by atoms with van der Waals surface area (Å²) in [6.45, 7) is 3.28. The van der Waals surface area contributed by atoms with Gasteiger partial charge in [-0.1, -0.05) is 6.92 Å². The summed E-state index contributed by atoms with van der Waals surface area (Å²) in [6, 6.07) is 2.06. The summed E-state index contributed by atoms with van der Waals surface area (Å²) in [4.78, 5) is 26.0.